The van der Waals surface area contributed by atoms with E-state index in [1.54, 1.807) is 0 Å². The summed E-state index contributed by atoms with van der Waals surface area (Å²) in [4.78, 5) is 22.6. The van der Waals surface area contributed by atoms with Gasteiger partial charge in [-0.2, -0.15) is 0 Å². The molecule has 5 nitrogen and oxygen atoms in total. The first-order chi connectivity index (χ1) is 13.6. The van der Waals surface area contributed by atoms with E-state index in [0.29, 0.717) is 13.0 Å². The number of methoxy groups -OCH3 is 1. The van der Waals surface area contributed by atoms with Crippen molar-refractivity contribution in [3.8, 4) is 0 Å². The summed E-state index contributed by atoms with van der Waals surface area (Å²) in [6, 6.07) is 0. The van der Waals surface area contributed by atoms with Crippen LogP contribution in [0, 0.1) is 0 Å². The van der Waals surface area contributed by atoms with Crippen LogP contribution in [0.4, 0.5) is 0 Å². The first-order valence-corrected chi connectivity index (χ1v) is 11.1. The van der Waals surface area contributed by atoms with E-state index >= 15 is 0 Å². The van der Waals surface area contributed by atoms with Gasteiger partial charge in [0, 0.05) is 25.2 Å². The second-order valence-electron chi connectivity index (χ2n) is 7.35. The molecule has 0 unspecified atom stereocenters. The molecule has 0 fully saturated rings. The number of esters is 2. The summed E-state index contributed by atoms with van der Waals surface area (Å²) in [5.74, 6) is -1.04. The molecule has 0 bridgehead atoms. The van der Waals surface area contributed by atoms with Crippen LogP contribution in [0.1, 0.15) is 96.8 Å². The SMILES string of the molecule is C=C(CC(=O)OC)C(=O)OCCCOCCCCCCCCCCCCCC. The molecule has 0 aliphatic carbocycles. The Hall–Kier alpha value is -1.36. The lowest BCUT2D eigenvalue weighted by Crippen LogP contribution is -2.13. The molecule has 0 spiro atoms. The van der Waals surface area contributed by atoms with Gasteiger partial charge in [-0.25, -0.2) is 4.79 Å². The highest BCUT2D eigenvalue weighted by atomic mass is 16.5. The normalized spacial score (nSPS) is 10.6. The predicted molar refractivity (Wildman–Crippen MR) is 113 cm³/mol. The van der Waals surface area contributed by atoms with Crippen LogP contribution in [0.2, 0.25) is 0 Å². The van der Waals surface area contributed by atoms with E-state index in [9.17, 15) is 9.59 Å². The minimum Gasteiger partial charge on any atom is -0.469 e. The summed E-state index contributed by atoms with van der Waals surface area (Å²) in [6.07, 6.45) is 16.5. The standard InChI is InChI=1S/C23H42O5/c1-4-5-6-7-8-9-10-11-12-13-14-15-17-27-18-16-19-28-23(25)21(2)20-22(24)26-3/h2,4-20H2,1,3H3. The molecule has 0 radical (unpaired) electrons. The summed E-state index contributed by atoms with van der Waals surface area (Å²) in [6.45, 7) is 7.41. The smallest absolute Gasteiger partial charge is 0.333 e. The van der Waals surface area contributed by atoms with E-state index < -0.39 is 11.9 Å². The van der Waals surface area contributed by atoms with Crippen molar-refractivity contribution in [2.75, 3.05) is 26.9 Å². The molecule has 0 N–H and O–H groups in total. The number of hydrogen-bond donors (Lipinski definition) is 0. The molecule has 0 saturated carbocycles. The van der Waals surface area contributed by atoms with Gasteiger partial charge in [0.1, 0.15) is 0 Å². The summed E-state index contributed by atoms with van der Waals surface area (Å²) in [5, 5.41) is 0. The van der Waals surface area contributed by atoms with Gasteiger partial charge in [0.25, 0.3) is 0 Å². The number of carbonyl (C=O) groups excluding carboxylic acids is 2. The van der Waals surface area contributed by atoms with Gasteiger partial charge in [-0.15, -0.1) is 0 Å². The van der Waals surface area contributed by atoms with Crippen LogP contribution in [0.15, 0.2) is 12.2 Å². The van der Waals surface area contributed by atoms with Gasteiger partial charge in [0.2, 0.25) is 0 Å². The fraction of sp³-hybridized carbons (Fsp3) is 0.826. The Morgan fingerprint density at radius 1 is 0.714 bits per heavy atom. The fourth-order valence-electron chi connectivity index (χ4n) is 2.89. The summed E-state index contributed by atoms with van der Waals surface area (Å²) in [7, 11) is 1.27. The fourth-order valence-corrected chi connectivity index (χ4v) is 2.89. The van der Waals surface area contributed by atoms with Crippen molar-refractivity contribution in [1.82, 2.24) is 0 Å². The van der Waals surface area contributed by atoms with E-state index in [1.165, 1.54) is 77.7 Å². The van der Waals surface area contributed by atoms with E-state index in [2.05, 4.69) is 18.2 Å². The van der Waals surface area contributed by atoms with Crippen LogP contribution in [0.25, 0.3) is 0 Å². The summed E-state index contributed by atoms with van der Waals surface area (Å²) < 4.78 is 15.1. The Morgan fingerprint density at radius 3 is 1.75 bits per heavy atom. The molecule has 0 rings (SSSR count). The monoisotopic (exact) mass is 398 g/mol. The van der Waals surface area contributed by atoms with Gasteiger partial charge >= 0.3 is 11.9 Å². The Morgan fingerprint density at radius 2 is 1.21 bits per heavy atom. The van der Waals surface area contributed by atoms with Crippen molar-refractivity contribution < 1.29 is 23.8 Å². The summed E-state index contributed by atoms with van der Waals surface area (Å²) >= 11 is 0. The molecular weight excluding hydrogens is 356 g/mol. The van der Waals surface area contributed by atoms with Crippen molar-refractivity contribution in [1.29, 1.82) is 0 Å². The Bertz CT molecular complexity index is 406. The Balaban J connectivity index is 3.24. The maximum atomic E-state index is 11.6. The van der Waals surface area contributed by atoms with Crippen molar-refractivity contribution in [2.24, 2.45) is 0 Å². The lowest BCUT2D eigenvalue weighted by Gasteiger charge is -2.07. The highest BCUT2D eigenvalue weighted by Crippen LogP contribution is 2.12. The largest absolute Gasteiger partial charge is 0.469 e. The van der Waals surface area contributed by atoms with E-state index in [-0.39, 0.29) is 18.6 Å². The molecule has 0 heterocycles. The second-order valence-corrected chi connectivity index (χ2v) is 7.35. The summed E-state index contributed by atoms with van der Waals surface area (Å²) in [5.41, 5.74) is 0.115. The van der Waals surface area contributed by atoms with Gasteiger partial charge < -0.3 is 14.2 Å². The van der Waals surface area contributed by atoms with Gasteiger partial charge in [-0.1, -0.05) is 84.1 Å². The van der Waals surface area contributed by atoms with Crippen LogP contribution in [-0.2, 0) is 23.8 Å². The zero-order chi connectivity index (χ0) is 20.9. The average molecular weight is 399 g/mol. The quantitative estimate of drug-likeness (QED) is 0.148. The van der Waals surface area contributed by atoms with Crippen molar-refractivity contribution in [3.63, 3.8) is 0 Å². The predicted octanol–water partition coefficient (Wildman–Crippen LogP) is 5.76. The molecule has 0 aromatic rings. The third-order valence-electron chi connectivity index (χ3n) is 4.68. The van der Waals surface area contributed by atoms with Crippen molar-refractivity contribution in [3.05, 3.63) is 12.2 Å². The third kappa shape index (κ3) is 18.0. The maximum Gasteiger partial charge on any atom is 0.333 e. The van der Waals surface area contributed by atoms with E-state index in [4.69, 9.17) is 9.47 Å². The minimum atomic E-state index is -0.550. The molecule has 164 valence electrons. The number of rotatable bonds is 20. The molecule has 0 atom stereocenters. The number of carbonyl (C=O) groups is 2. The van der Waals surface area contributed by atoms with Crippen LogP contribution in [0.3, 0.4) is 0 Å². The lowest BCUT2D eigenvalue weighted by atomic mass is 10.1. The zero-order valence-electron chi connectivity index (χ0n) is 18.3. The highest BCUT2D eigenvalue weighted by molar-refractivity contribution is 5.93. The maximum absolute atomic E-state index is 11.6. The van der Waals surface area contributed by atoms with E-state index in [1.807, 2.05) is 0 Å². The van der Waals surface area contributed by atoms with Crippen molar-refractivity contribution in [2.45, 2.75) is 96.8 Å². The molecule has 28 heavy (non-hydrogen) atoms. The topological polar surface area (TPSA) is 61.8 Å². The molecule has 0 aromatic heterocycles. The number of ether oxygens (including phenoxy) is 3. The highest BCUT2D eigenvalue weighted by Gasteiger charge is 2.12. The molecule has 0 aliphatic rings. The Labute approximate surface area is 172 Å². The second kappa shape index (κ2) is 20.4. The molecule has 0 saturated heterocycles. The van der Waals surface area contributed by atoms with Crippen LogP contribution < -0.4 is 0 Å². The van der Waals surface area contributed by atoms with Crippen LogP contribution >= 0.6 is 0 Å². The first-order valence-electron chi connectivity index (χ1n) is 11.1. The number of hydrogen-bond acceptors (Lipinski definition) is 5. The zero-order valence-corrected chi connectivity index (χ0v) is 18.3. The Kier molecular flexibility index (Phi) is 19.4. The van der Waals surface area contributed by atoms with E-state index in [0.717, 1.165) is 13.0 Å². The van der Waals surface area contributed by atoms with Crippen LogP contribution in [0.5, 0.6) is 0 Å². The van der Waals surface area contributed by atoms with Gasteiger partial charge in [-0.3, -0.25) is 4.79 Å². The molecular formula is C23H42O5. The molecule has 0 aliphatic heterocycles. The molecule has 5 heteroatoms. The lowest BCUT2D eigenvalue weighted by molar-refractivity contribution is -0.144. The molecule has 0 aromatic carbocycles. The van der Waals surface area contributed by atoms with Gasteiger partial charge in [-0.05, 0) is 6.42 Å². The molecule has 0 amide bonds. The number of unbranched alkanes of at least 4 members (excludes halogenated alkanes) is 11. The minimum absolute atomic E-state index is 0.115. The van der Waals surface area contributed by atoms with Crippen LogP contribution in [-0.4, -0.2) is 38.9 Å². The third-order valence-corrected chi connectivity index (χ3v) is 4.68. The van der Waals surface area contributed by atoms with Gasteiger partial charge in [0.15, 0.2) is 0 Å². The average Bonchev–Trinajstić information content (AvgIpc) is 2.69. The van der Waals surface area contributed by atoms with Crippen molar-refractivity contribution >= 4 is 11.9 Å². The van der Waals surface area contributed by atoms with Gasteiger partial charge in [0.05, 0.1) is 20.1 Å². The first kappa shape index (κ1) is 26.6.